The zero-order chi connectivity index (χ0) is 14.5. The molecule has 0 atom stereocenters. The number of amides is 2. The largest absolute Gasteiger partial charge is 0.342 e. The highest BCUT2D eigenvalue weighted by Gasteiger charge is 2.19. The van der Waals surface area contributed by atoms with Gasteiger partial charge in [-0.15, -0.1) is 0 Å². The molecule has 108 valence electrons. The van der Waals surface area contributed by atoms with Crippen LogP contribution in [0.2, 0.25) is 0 Å². The van der Waals surface area contributed by atoms with Gasteiger partial charge in [0.25, 0.3) is 5.91 Å². The summed E-state index contributed by atoms with van der Waals surface area (Å²) in [4.78, 5) is 35.5. The number of thiophene rings is 1. The van der Waals surface area contributed by atoms with Gasteiger partial charge in [0.2, 0.25) is 5.91 Å². The van der Waals surface area contributed by atoms with Crippen LogP contribution in [0.5, 0.6) is 0 Å². The fraction of sp³-hybridized carbons (Fsp3) is 0.455. The molecule has 0 saturated carbocycles. The number of nitro groups is 1. The van der Waals surface area contributed by atoms with Gasteiger partial charge in [-0.25, -0.2) is 0 Å². The lowest BCUT2D eigenvalue weighted by Gasteiger charge is -2.27. The normalized spacial score (nSPS) is 14.9. The van der Waals surface area contributed by atoms with Gasteiger partial charge < -0.3 is 15.5 Å². The number of hydrogen-bond acceptors (Lipinski definition) is 6. The Morgan fingerprint density at radius 3 is 2.70 bits per heavy atom. The van der Waals surface area contributed by atoms with Gasteiger partial charge in [-0.05, 0) is 6.07 Å². The van der Waals surface area contributed by atoms with Crippen LogP contribution in [0.1, 0.15) is 9.67 Å². The van der Waals surface area contributed by atoms with Crippen LogP contribution in [-0.2, 0) is 4.79 Å². The first-order chi connectivity index (χ1) is 9.58. The Morgan fingerprint density at radius 2 is 2.10 bits per heavy atom. The van der Waals surface area contributed by atoms with Crippen LogP contribution in [0, 0.1) is 10.1 Å². The molecular formula is C11H14N4O4S. The minimum Gasteiger partial charge on any atom is -0.342 e. The van der Waals surface area contributed by atoms with Crippen LogP contribution in [0.3, 0.4) is 0 Å². The molecule has 1 aliphatic heterocycles. The molecular weight excluding hydrogens is 284 g/mol. The highest BCUT2D eigenvalue weighted by atomic mass is 32.1. The van der Waals surface area contributed by atoms with E-state index in [1.165, 1.54) is 12.1 Å². The van der Waals surface area contributed by atoms with Crippen LogP contribution in [-0.4, -0.2) is 54.4 Å². The lowest BCUT2D eigenvalue weighted by Crippen LogP contribution is -2.49. The van der Waals surface area contributed by atoms with Gasteiger partial charge in [0.05, 0.1) is 16.3 Å². The van der Waals surface area contributed by atoms with Gasteiger partial charge in [-0.2, -0.15) is 0 Å². The van der Waals surface area contributed by atoms with E-state index >= 15 is 0 Å². The first-order valence-electron chi connectivity index (χ1n) is 6.09. The number of carbonyl (C=O) groups is 2. The lowest BCUT2D eigenvalue weighted by molar-refractivity contribution is -0.380. The second-order valence-electron chi connectivity index (χ2n) is 4.21. The summed E-state index contributed by atoms with van der Waals surface area (Å²) in [6.45, 7) is 2.65. The molecule has 2 rings (SSSR count). The molecule has 1 aromatic heterocycles. The summed E-state index contributed by atoms with van der Waals surface area (Å²) < 4.78 is 0. The molecule has 9 heteroatoms. The van der Waals surface area contributed by atoms with Gasteiger partial charge in [0, 0.05) is 32.2 Å². The van der Waals surface area contributed by atoms with E-state index in [1.54, 1.807) is 4.90 Å². The molecule has 0 bridgehead atoms. The smallest absolute Gasteiger partial charge is 0.324 e. The first-order valence-corrected chi connectivity index (χ1v) is 6.90. The molecule has 1 fully saturated rings. The summed E-state index contributed by atoms with van der Waals surface area (Å²) in [5.41, 5.74) is 0. The quantitative estimate of drug-likeness (QED) is 0.592. The molecule has 0 unspecified atom stereocenters. The lowest BCUT2D eigenvalue weighted by atomic mass is 10.3. The maximum atomic E-state index is 11.8. The Hall–Kier alpha value is -2.00. The predicted molar refractivity (Wildman–Crippen MR) is 72.8 cm³/mol. The molecule has 0 spiro atoms. The highest BCUT2D eigenvalue weighted by Crippen LogP contribution is 2.23. The monoisotopic (exact) mass is 298 g/mol. The zero-order valence-corrected chi connectivity index (χ0v) is 11.4. The van der Waals surface area contributed by atoms with Gasteiger partial charge >= 0.3 is 5.00 Å². The maximum absolute atomic E-state index is 11.8. The minimum atomic E-state index is -0.548. The van der Waals surface area contributed by atoms with E-state index < -0.39 is 10.8 Å². The van der Waals surface area contributed by atoms with Crippen molar-refractivity contribution in [1.82, 2.24) is 15.5 Å². The molecule has 2 N–H and O–H groups in total. The van der Waals surface area contributed by atoms with Crippen molar-refractivity contribution in [1.29, 1.82) is 0 Å². The third kappa shape index (κ3) is 3.52. The predicted octanol–water partition coefficient (Wildman–Crippen LogP) is -0.182. The highest BCUT2D eigenvalue weighted by molar-refractivity contribution is 7.17. The third-order valence-corrected chi connectivity index (χ3v) is 3.90. The van der Waals surface area contributed by atoms with E-state index in [0.29, 0.717) is 13.1 Å². The molecule has 1 aromatic rings. The molecule has 1 aliphatic rings. The number of nitrogens with one attached hydrogen (secondary N) is 2. The summed E-state index contributed by atoms with van der Waals surface area (Å²) in [6.07, 6.45) is 0. The average Bonchev–Trinajstić information content (AvgIpc) is 2.95. The summed E-state index contributed by atoms with van der Waals surface area (Å²) in [5, 5.41) is 16.0. The molecule has 0 aromatic carbocycles. The Balaban J connectivity index is 1.84. The Labute approximate surface area is 118 Å². The number of rotatable bonds is 4. The number of nitrogens with zero attached hydrogens (tertiary/aromatic N) is 2. The van der Waals surface area contributed by atoms with Gasteiger partial charge in [-0.3, -0.25) is 19.7 Å². The fourth-order valence-corrected chi connectivity index (χ4v) is 2.55. The van der Waals surface area contributed by atoms with E-state index in [1.807, 2.05) is 0 Å². The van der Waals surface area contributed by atoms with Crippen molar-refractivity contribution in [3.8, 4) is 0 Å². The van der Waals surface area contributed by atoms with Crippen LogP contribution in [0.25, 0.3) is 0 Å². The topological polar surface area (TPSA) is 105 Å². The Kier molecular flexibility index (Phi) is 4.64. The van der Waals surface area contributed by atoms with Gasteiger partial charge in [0.15, 0.2) is 0 Å². The zero-order valence-electron chi connectivity index (χ0n) is 10.6. The van der Waals surface area contributed by atoms with Crippen molar-refractivity contribution >= 4 is 28.2 Å². The summed E-state index contributed by atoms with van der Waals surface area (Å²) in [6, 6.07) is 2.66. The number of hydrogen-bond donors (Lipinski definition) is 2. The van der Waals surface area contributed by atoms with E-state index in [0.717, 1.165) is 24.4 Å². The van der Waals surface area contributed by atoms with Gasteiger partial charge in [0.1, 0.15) is 0 Å². The van der Waals surface area contributed by atoms with Crippen molar-refractivity contribution in [3.05, 3.63) is 27.1 Å². The molecule has 0 aliphatic carbocycles. The van der Waals surface area contributed by atoms with Gasteiger partial charge in [-0.1, -0.05) is 11.3 Å². The Morgan fingerprint density at radius 1 is 1.40 bits per heavy atom. The molecule has 2 amide bonds. The number of carbonyl (C=O) groups excluding carboxylic acids is 2. The van der Waals surface area contributed by atoms with Crippen LogP contribution >= 0.6 is 11.3 Å². The van der Waals surface area contributed by atoms with E-state index in [4.69, 9.17) is 0 Å². The second kappa shape index (κ2) is 6.44. The standard InChI is InChI=1S/C11H14N4O4S/c16-9(14-5-3-12-4-6-14)7-13-11(17)8-1-2-10(20-8)15(18)19/h1-2,12H,3-7H2,(H,13,17). The van der Waals surface area contributed by atoms with Crippen molar-refractivity contribution in [2.75, 3.05) is 32.7 Å². The molecule has 1 saturated heterocycles. The van der Waals surface area contributed by atoms with Crippen LogP contribution in [0.15, 0.2) is 12.1 Å². The van der Waals surface area contributed by atoms with Crippen molar-refractivity contribution < 1.29 is 14.5 Å². The number of piperazine rings is 1. The summed E-state index contributed by atoms with van der Waals surface area (Å²) in [5.74, 6) is -0.613. The van der Waals surface area contributed by atoms with Crippen molar-refractivity contribution in [2.45, 2.75) is 0 Å². The molecule has 8 nitrogen and oxygen atoms in total. The third-order valence-electron chi connectivity index (χ3n) is 2.87. The molecule has 2 heterocycles. The molecule has 20 heavy (non-hydrogen) atoms. The summed E-state index contributed by atoms with van der Waals surface area (Å²) >= 11 is 0.790. The molecule has 0 radical (unpaired) electrons. The van der Waals surface area contributed by atoms with E-state index in [9.17, 15) is 19.7 Å². The average molecular weight is 298 g/mol. The van der Waals surface area contributed by atoms with Crippen molar-refractivity contribution in [2.24, 2.45) is 0 Å². The Bertz CT molecular complexity index is 524. The maximum Gasteiger partial charge on any atom is 0.324 e. The minimum absolute atomic E-state index is 0.0927. The fourth-order valence-electron chi connectivity index (χ4n) is 1.82. The van der Waals surface area contributed by atoms with Crippen LogP contribution < -0.4 is 10.6 Å². The summed E-state index contributed by atoms with van der Waals surface area (Å²) in [7, 11) is 0. The first kappa shape index (κ1) is 14.4. The second-order valence-corrected chi connectivity index (χ2v) is 5.27. The van der Waals surface area contributed by atoms with Crippen molar-refractivity contribution in [3.63, 3.8) is 0 Å². The van der Waals surface area contributed by atoms with E-state index in [-0.39, 0.29) is 22.3 Å². The SMILES string of the molecule is O=C(NCC(=O)N1CCNCC1)c1ccc([N+](=O)[O-])s1. The van der Waals surface area contributed by atoms with Crippen LogP contribution in [0.4, 0.5) is 5.00 Å². The van der Waals surface area contributed by atoms with E-state index in [2.05, 4.69) is 10.6 Å².